The highest BCUT2D eigenvalue weighted by atomic mass is 16.6. The smallest absolute Gasteiger partial charge is 0.269 e. The minimum Gasteiger partial charge on any atom is -0.331 e. The zero-order chi connectivity index (χ0) is 31.2. The van der Waals surface area contributed by atoms with Gasteiger partial charge in [0.1, 0.15) is 26.2 Å². The largest absolute Gasteiger partial charge is 0.331 e. The number of piperazine rings is 3. The van der Waals surface area contributed by atoms with Gasteiger partial charge in [0, 0.05) is 37.1 Å². The van der Waals surface area contributed by atoms with Gasteiger partial charge in [-0.15, -0.1) is 0 Å². The zero-order valence-corrected chi connectivity index (χ0v) is 25.5. The summed E-state index contributed by atoms with van der Waals surface area (Å²) in [6.45, 7) is 11.8. The molecule has 3 aliphatic heterocycles. The summed E-state index contributed by atoms with van der Waals surface area (Å²) < 4.78 is 2.19. The first-order chi connectivity index (χ1) is 21.2. The Bertz CT molecular complexity index is 1220. The van der Waals surface area contributed by atoms with Gasteiger partial charge in [0.25, 0.3) is 11.4 Å². The molecule has 3 aliphatic rings. The number of aryl methyl sites for hydroxylation is 2. The third-order valence-corrected chi connectivity index (χ3v) is 10.2. The molecule has 0 aliphatic carbocycles. The van der Waals surface area contributed by atoms with Crippen LogP contribution in [0.5, 0.6) is 0 Å². The summed E-state index contributed by atoms with van der Waals surface area (Å²) in [5, 5.41) is 21.7. The van der Waals surface area contributed by atoms with Crippen LogP contribution < -0.4 is 0 Å². The number of nitrogens with zero attached hydrogens (tertiary/aromatic N) is 6. The van der Waals surface area contributed by atoms with Gasteiger partial charge < -0.3 is 18.8 Å². The van der Waals surface area contributed by atoms with Crippen LogP contribution in [0, 0.1) is 20.2 Å². The molecule has 0 saturated carbocycles. The highest BCUT2D eigenvalue weighted by molar-refractivity contribution is 5.76. The van der Waals surface area contributed by atoms with Gasteiger partial charge in [-0.3, -0.25) is 29.8 Å². The normalized spacial score (nSPS) is 19.2. The van der Waals surface area contributed by atoms with E-state index in [-0.39, 0.29) is 23.2 Å². The number of non-ortho nitro benzene ring substituents is 2. The van der Waals surface area contributed by atoms with Gasteiger partial charge in [-0.1, -0.05) is 24.3 Å². The Morgan fingerprint density at radius 3 is 1.18 bits per heavy atom. The molecule has 2 spiro atoms. The number of rotatable bonds is 10. The average molecular weight is 609 g/mol. The molecule has 0 radical (unpaired) electrons. The number of carbonyl (C=O) groups is 2. The predicted molar refractivity (Wildman–Crippen MR) is 165 cm³/mol. The fourth-order valence-electron chi connectivity index (χ4n) is 7.02. The number of quaternary nitrogens is 2. The first-order valence-corrected chi connectivity index (χ1v) is 15.9. The van der Waals surface area contributed by atoms with Crippen molar-refractivity contribution in [3.05, 3.63) is 79.9 Å². The van der Waals surface area contributed by atoms with Crippen LogP contribution >= 0.6 is 0 Å². The van der Waals surface area contributed by atoms with Crippen LogP contribution in [-0.2, 0) is 22.4 Å². The van der Waals surface area contributed by atoms with Crippen LogP contribution in [0.1, 0.15) is 36.8 Å². The lowest BCUT2D eigenvalue weighted by atomic mass is 10.1. The third kappa shape index (κ3) is 7.78. The maximum absolute atomic E-state index is 12.9. The molecular formula is C32H44N6O6+2. The van der Waals surface area contributed by atoms with Crippen LogP contribution in [0.4, 0.5) is 11.4 Å². The molecule has 0 unspecified atom stereocenters. The lowest BCUT2D eigenvalue weighted by Gasteiger charge is -2.54. The summed E-state index contributed by atoms with van der Waals surface area (Å²) in [6.07, 6.45) is 3.97. The summed E-state index contributed by atoms with van der Waals surface area (Å²) in [5.41, 5.74) is 2.20. The fourth-order valence-corrected chi connectivity index (χ4v) is 7.02. The molecule has 2 aromatic rings. The van der Waals surface area contributed by atoms with Crippen molar-refractivity contribution in [2.45, 2.75) is 38.5 Å². The minimum atomic E-state index is -0.399. The first kappa shape index (κ1) is 31.5. The quantitative estimate of drug-likeness (QED) is 0.232. The van der Waals surface area contributed by atoms with Gasteiger partial charge >= 0.3 is 0 Å². The van der Waals surface area contributed by atoms with Gasteiger partial charge in [-0.05, 0) is 36.8 Å². The number of benzene rings is 2. The fraction of sp³-hybridized carbons (Fsp3) is 0.562. The van der Waals surface area contributed by atoms with Crippen LogP contribution in [-0.4, -0.2) is 119 Å². The molecule has 0 N–H and O–H groups in total. The van der Waals surface area contributed by atoms with Gasteiger partial charge in [0.15, 0.2) is 0 Å². The molecule has 236 valence electrons. The second-order valence-corrected chi connectivity index (χ2v) is 12.8. The van der Waals surface area contributed by atoms with Crippen LogP contribution in [0.3, 0.4) is 0 Å². The van der Waals surface area contributed by atoms with Gasteiger partial charge in [-0.25, -0.2) is 0 Å². The van der Waals surface area contributed by atoms with Gasteiger partial charge in [-0.2, -0.15) is 0 Å². The maximum atomic E-state index is 12.9. The van der Waals surface area contributed by atoms with Crippen LogP contribution in [0.25, 0.3) is 0 Å². The molecule has 0 aromatic heterocycles. The molecule has 3 heterocycles. The predicted octanol–water partition coefficient (Wildman–Crippen LogP) is 3.18. The van der Waals surface area contributed by atoms with Crippen molar-refractivity contribution < 1.29 is 28.4 Å². The lowest BCUT2D eigenvalue weighted by molar-refractivity contribution is -1.03. The first-order valence-electron chi connectivity index (χ1n) is 15.9. The average Bonchev–Trinajstić information content (AvgIpc) is 3.04. The number of amides is 2. The second kappa shape index (κ2) is 13.8. The van der Waals surface area contributed by atoms with Crippen LogP contribution in [0.15, 0.2) is 48.5 Å². The summed E-state index contributed by atoms with van der Waals surface area (Å²) in [6, 6.07) is 13.2. The van der Waals surface area contributed by atoms with Crippen molar-refractivity contribution in [1.29, 1.82) is 0 Å². The highest BCUT2D eigenvalue weighted by Crippen LogP contribution is 2.25. The van der Waals surface area contributed by atoms with Crippen molar-refractivity contribution in [3.8, 4) is 0 Å². The van der Waals surface area contributed by atoms with E-state index in [1.807, 2.05) is 9.80 Å². The molecule has 5 rings (SSSR count). The Kier molecular flexibility index (Phi) is 9.90. The number of nitro benzene ring substituents is 2. The van der Waals surface area contributed by atoms with Gasteiger partial charge in [0.2, 0.25) is 11.8 Å². The SMILES string of the molecule is O=C(CCCc1ccc([N+](=O)[O-])cc1)N1CC[N+]2(CC1)CC[N+]1(CCN(C(=O)CCCc3ccc([N+](=O)[O-])cc3)CC1)CC2. The highest BCUT2D eigenvalue weighted by Gasteiger charge is 2.45. The summed E-state index contributed by atoms with van der Waals surface area (Å²) in [4.78, 5) is 50.6. The minimum absolute atomic E-state index is 0.0868. The Morgan fingerprint density at radius 2 is 0.886 bits per heavy atom. The zero-order valence-electron chi connectivity index (χ0n) is 25.5. The summed E-state index contributed by atoms with van der Waals surface area (Å²) >= 11 is 0. The molecule has 2 aromatic carbocycles. The van der Waals surface area contributed by atoms with Crippen molar-refractivity contribution >= 4 is 23.2 Å². The third-order valence-electron chi connectivity index (χ3n) is 10.2. The van der Waals surface area contributed by atoms with E-state index in [0.29, 0.717) is 12.8 Å². The van der Waals surface area contributed by atoms with Gasteiger partial charge in [0.05, 0.1) is 62.2 Å². The van der Waals surface area contributed by atoms with E-state index in [1.54, 1.807) is 24.3 Å². The number of hydrogen-bond donors (Lipinski definition) is 0. The molecule has 12 heteroatoms. The molecule has 12 nitrogen and oxygen atoms in total. The Hall–Kier alpha value is -3.90. The second-order valence-electron chi connectivity index (χ2n) is 12.8. The van der Waals surface area contributed by atoms with Crippen molar-refractivity contribution in [2.24, 2.45) is 0 Å². The maximum Gasteiger partial charge on any atom is 0.269 e. The number of nitro groups is 2. The van der Waals surface area contributed by atoms with Crippen molar-refractivity contribution in [2.75, 3.05) is 78.5 Å². The Balaban J connectivity index is 0.978. The monoisotopic (exact) mass is 608 g/mol. The molecule has 0 atom stereocenters. The van der Waals surface area contributed by atoms with Crippen LogP contribution in [0.2, 0.25) is 0 Å². The van der Waals surface area contributed by atoms with E-state index in [4.69, 9.17) is 0 Å². The summed E-state index contributed by atoms with van der Waals surface area (Å²) in [7, 11) is 0. The molecule has 3 fully saturated rings. The number of hydrogen-bond acceptors (Lipinski definition) is 6. The Labute approximate surface area is 258 Å². The summed E-state index contributed by atoms with van der Waals surface area (Å²) in [5.74, 6) is 0.414. The van der Waals surface area contributed by atoms with E-state index in [2.05, 4.69) is 0 Å². The number of carbonyl (C=O) groups excluding carboxylic acids is 2. The topological polar surface area (TPSA) is 127 Å². The molecule has 2 amide bonds. The van der Waals surface area contributed by atoms with E-state index in [9.17, 15) is 29.8 Å². The standard InChI is InChI=1S/C32H44N6O6/c39-31(5-1-3-27-7-11-29(12-8-27)35(41)42)33-15-19-37(20-16-33)23-25-38(26-24-37)21-17-34(18-22-38)32(40)6-2-4-28-9-13-30(14-10-28)36(43)44/h7-14H,1-6,15-26H2/q+2. The van der Waals surface area contributed by atoms with E-state index in [1.165, 1.54) is 24.3 Å². The molecule has 3 saturated heterocycles. The van der Waals surface area contributed by atoms with Crippen molar-refractivity contribution in [3.63, 3.8) is 0 Å². The Morgan fingerprint density at radius 1 is 0.568 bits per heavy atom. The van der Waals surface area contributed by atoms with E-state index in [0.717, 1.165) is 124 Å². The molecule has 44 heavy (non-hydrogen) atoms. The van der Waals surface area contributed by atoms with Crippen molar-refractivity contribution in [1.82, 2.24) is 9.80 Å². The van der Waals surface area contributed by atoms with E-state index < -0.39 is 9.85 Å². The lowest BCUT2D eigenvalue weighted by Crippen LogP contribution is -2.73. The molecule has 0 bridgehead atoms. The van der Waals surface area contributed by atoms with E-state index >= 15 is 0 Å². The molecular weight excluding hydrogens is 564 g/mol.